The fourth-order valence-electron chi connectivity index (χ4n) is 2.56. The molecule has 1 unspecified atom stereocenters. The van der Waals surface area contributed by atoms with Crippen LogP contribution in [0.2, 0.25) is 0 Å². The Hall–Kier alpha value is -2.22. The molecule has 0 bridgehead atoms. The first-order valence-electron chi connectivity index (χ1n) is 7.09. The van der Waals surface area contributed by atoms with Crippen LogP contribution in [0.15, 0.2) is 16.2 Å². The zero-order valence-corrected chi connectivity index (χ0v) is 12.9. The molecule has 1 atom stereocenters. The summed E-state index contributed by atoms with van der Waals surface area (Å²) in [6, 6.07) is 1.61. The number of fused-ring (bicyclic) bond motifs is 1. The maximum absolute atomic E-state index is 12.2. The van der Waals surface area contributed by atoms with E-state index in [1.165, 1.54) is 18.3 Å². The highest BCUT2D eigenvalue weighted by Gasteiger charge is 2.21. The van der Waals surface area contributed by atoms with Gasteiger partial charge >= 0.3 is 5.69 Å². The molecular weight excluding hydrogens is 304 g/mol. The second-order valence-electron chi connectivity index (χ2n) is 5.35. The minimum absolute atomic E-state index is 0.00530. The molecule has 3 rings (SSSR count). The van der Waals surface area contributed by atoms with Crippen LogP contribution < -0.4 is 11.0 Å². The first-order valence-corrected chi connectivity index (χ1v) is 7.97. The lowest BCUT2D eigenvalue weighted by molar-refractivity contribution is 0.0933. The molecule has 0 saturated heterocycles. The van der Waals surface area contributed by atoms with Gasteiger partial charge in [0.25, 0.3) is 5.91 Å². The monoisotopic (exact) mass is 320 g/mol. The van der Waals surface area contributed by atoms with Gasteiger partial charge in [-0.3, -0.25) is 14.2 Å². The Morgan fingerprint density at radius 3 is 3.00 bits per heavy atom. The number of hydrogen-bond acceptors (Lipinski definition) is 5. The standard InChI is InChI=1S/C14H16N4O3S/c1-8(19)11-6-9(7-22-11)13(20)15-10-2-3-12-16-17-14(21)18(12)5-4-10/h6-7,10H,2-5H2,1H3,(H,15,20)(H,17,21). The molecule has 2 aromatic rings. The third-order valence-electron chi connectivity index (χ3n) is 3.80. The van der Waals surface area contributed by atoms with Gasteiger partial charge in [0.05, 0.1) is 10.4 Å². The molecule has 7 nitrogen and oxygen atoms in total. The van der Waals surface area contributed by atoms with Crippen LogP contribution in [0.3, 0.4) is 0 Å². The lowest BCUT2D eigenvalue weighted by atomic mass is 10.1. The number of nitrogens with zero attached hydrogens (tertiary/aromatic N) is 2. The van der Waals surface area contributed by atoms with E-state index in [0.717, 1.165) is 12.2 Å². The van der Waals surface area contributed by atoms with E-state index in [2.05, 4.69) is 15.5 Å². The number of aryl methyl sites for hydroxylation is 1. The average Bonchev–Trinajstić information content (AvgIpc) is 3.05. The van der Waals surface area contributed by atoms with Gasteiger partial charge in [-0.1, -0.05) is 0 Å². The van der Waals surface area contributed by atoms with Crippen LogP contribution in [0.4, 0.5) is 0 Å². The summed E-state index contributed by atoms with van der Waals surface area (Å²) in [6.45, 7) is 2.02. The summed E-state index contributed by atoms with van der Waals surface area (Å²) in [7, 11) is 0. The van der Waals surface area contributed by atoms with Crippen molar-refractivity contribution in [2.75, 3.05) is 0 Å². The van der Waals surface area contributed by atoms with E-state index in [-0.39, 0.29) is 23.4 Å². The molecule has 0 saturated carbocycles. The largest absolute Gasteiger partial charge is 0.349 e. The molecule has 0 aromatic carbocycles. The third kappa shape index (κ3) is 2.87. The second kappa shape index (κ2) is 5.88. The topological polar surface area (TPSA) is 96.8 Å². The molecule has 0 fully saturated rings. The highest BCUT2D eigenvalue weighted by molar-refractivity contribution is 7.12. The Morgan fingerprint density at radius 2 is 2.27 bits per heavy atom. The summed E-state index contributed by atoms with van der Waals surface area (Å²) in [6.07, 6.45) is 2.06. The molecule has 22 heavy (non-hydrogen) atoms. The van der Waals surface area contributed by atoms with Crippen LogP contribution >= 0.6 is 11.3 Å². The number of H-pyrrole nitrogens is 1. The predicted octanol–water partition coefficient (Wildman–Crippen LogP) is 0.970. The minimum Gasteiger partial charge on any atom is -0.349 e. The van der Waals surface area contributed by atoms with Crippen LogP contribution in [-0.2, 0) is 13.0 Å². The lowest BCUT2D eigenvalue weighted by Crippen LogP contribution is -2.35. The van der Waals surface area contributed by atoms with Crippen molar-refractivity contribution < 1.29 is 9.59 Å². The van der Waals surface area contributed by atoms with Gasteiger partial charge in [-0.2, -0.15) is 5.10 Å². The van der Waals surface area contributed by atoms with Gasteiger partial charge in [-0.25, -0.2) is 9.89 Å². The molecular formula is C14H16N4O3S. The number of aromatic amines is 1. The predicted molar refractivity (Wildman–Crippen MR) is 81.4 cm³/mol. The number of carbonyl (C=O) groups is 2. The Labute approximate surface area is 130 Å². The van der Waals surface area contributed by atoms with E-state index in [1.807, 2.05) is 0 Å². The van der Waals surface area contributed by atoms with Crippen molar-refractivity contribution in [3.8, 4) is 0 Å². The number of ketones is 1. The molecule has 0 spiro atoms. The van der Waals surface area contributed by atoms with Gasteiger partial charge < -0.3 is 5.32 Å². The Kier molecular flexibility index (Phi) is 3.93. The van der Waals surface area contributed by atoms with Crippen molar-refractivity contribution in [1.82, 2.24) is 20.1 Å². The zero-order valence-electron chi connectivity index (χ0n) is 12.1. The zero-order chi connectivity index (χ0) is 15.7. The normalized spacial score (nSPS) is 17.6. The number of nitrogens with one attached hydrogen (secondary N) is 2. The van der Waals surface area contributed by atoms with Crippen LogP contribution in [0.25, 0.3) is 0 Å². The first kappa shape index (κ1) is 14.7. The van der Waals surface area contributed by atoms with Gasteiger partial charge in [-0.15, -0.1) is 11.3 Å². The molecule has 116 valence electrons. The summed E-state index contributed by atoms with van der Waals surface area (Å²) < 4.78 is 1.62. The second-order valence-corrected chi connectivity index (χ2v) is 6.26. The van der Waals surface area contributed by atoms with Crippen molar-refractivity contribution in [1.29, 1.82) is 0 Å². The van der Waals surface area contributed by atoms with E-state index >= 15 is 0 Å². The Bertz CT molecular complexity index is 773. The van der Waals surface area contributed by atoms with E-state index in [4.69, 9.17) is 0 Å². The summed E-state index contributed by atoms with van der Waals surface area (Å²) in [5.74, 6) is 0.515. The number of amides is 1. The van der Waals surface area contributed by atoms with Crippen LogP contribution in [0, 0.1) is 0 Å². The molecule has 8 heteroatoms. The van der Waals surface area contributed by atoms with Crippen molar-refractivity contribution in [2.24, 2.45) is 0 Å². The maximum atomic E-state index is 12.2. The van der Waals surface area contributed by atoms with Gasteiger partial charge in [-0.05, 0) is 25.8 Å². The molecule has 3 heterocycles. The van der Waals surface area contributed by atoms with Crippen molar-refractivity contribution in [3.63, 3.8) is 0 Å². The third-order valence-corrected chi connectivity index (χ3v) is 4.83. The number of hydrogen-bond donors (Lipinski definition) is 2. The van der Waals surface area contributed by atoms with E-state index in [9.17, 15) is 14.4 Å². The fraction of sp³-hybridized carbons (Fsp3) is 0.429. The van der Waals surface area contributed by atoms with Crippen LogP contribution in [-0.4, -0.2) is 32.5 Å². The maximum Gasteiger partial charge on any atom is 0.343 e. The molecule has 1 aliphatic heterocycles. The van der Waals surface area contributed by atoms with Crippen LogP contribution in [0.5, 0.6) is 0 Å². The summed E-state index contributed by atoms with van der Waals surface area (Å²) in [4.78, 5) is 35.7. The van der Waals surface area contributed by atoms with Crippen molar-refractivity contribution in [3.05, 3.63) is 38.2 Å². The first-order chi connectivity index (χ1) is 10.5. The van der Waals surface area contributed by atoms with E-state index in [0.29, 0.717) is 29.8 Å². The Morgan fingerprint density at radius 1 is 1.45 bits per heavy atom. The minimum atomic E-state index is -0.203. The van der Waals surface area contributed by atoms with Gasteiger partial charge in [0.2, 0.25) is 0 Å². The molecule has 2 aromatic heterocycles. The smallest absolute Gasteiger partial charge is 0.343 e. The highest BCUT2D eigenvalue weighted by Crippen LogP contribution is 2.17. The summed E-state index contributed by atoms with van der Waals surface area (Å²) >= 11 is 1.28. The van der Waals surface area contributed by atoms with E-state index in [1.54, 1.807) is 16.0 Å². The number of Topliss-reactive ketones (excluding diaryl/α,β-unsaturated/α-hetero) is 1. The molecule has 1 aliphatic rings. The molecule has 0 aliphatic carbocycles. The lowest BCUT2D eigenvalue weighted by Gasteiger charge is -2.15. The van der Waals surface area contributed by atoms with Gasteiger partial charge in [0.15, 0.2) is 5.78 Å². The highest BCUT2D eigenvalue weighted by atomic mass is 32.1. The summed E-state index contributed by atoms with van der Waals surface area (Å²) in [5, 5.41) is 11.1. The molecule has 2 N–H and O–H groups in total. The molecule has 1 amide bonds. The van der Waals surface area contributed by atoms with Crippen molar-refractivity contribution >= 4 is 23.0 Å². The number of rotatable bonds is 3. The number of thiophene rings is 1. The summed E-state index contributed by atoms with van der Waals surface area (Å²) in [5.41, 5.74) is 0.306. The van der Waals surface area contributed by atoms with Gasteiger partial charge in [0, 0.05) is 24.4 Å². The fourth-order valence-corrected chi connectivity index (χ4v) is 3.35. The van der Waals surface area contributed by atoms with E-state index < -0.39 is 0 Å². The van der Waals surface area contributed by atoms with Crippen molar-refractivity contribution in [2.45, 2.75) is 38.8 Å². The number of aromatic nitrogens is 3. The average molecular weight is 320 g/mol. The SMILES string of the molecule is CC(=O)c1cc(C(=O)NC2CCc3n[nH]c(=O)n3CC2)cs1. The molecule has 0 radical (unpaired) electrons. The van der Waals surface area contributed by atoms with Gasteiger partial charge in [0.1, 0.15) is 5.82 Å². The van der Waals surface area contributed by atoms with Crippen LogP contribution in [0.1, 0.15) is 45.6 Å². The quantitative estimate of drug-likeness (QED) is 0.824. The number of carbonyl (C=O) groups excluding carboxylic acids is 2. The Balaban J connectivity index is 1.65.